The minimum Gasteiger partial charge on any atom is -0.390 e. The Balaban J connectivity index is -0.0000000215. The Morgan fingerprint density at radius 3 is 0.933 bits per heavy atom. The summed E-state index contributed by atoms with van der Waals surface area (Å²) in [5.74, 6) is 0. The molecule has 102 valence electrons. The van der Waals surface area contributed by atoms with E-state index in [9.17, 15) is 0 Å². The lowest BCUT2D eigenvalue weighted by molar-refractivity contribution is 0.0764. The molecule has 0 aromatic rings. The molecule has 0 aromatic carbocycles. The average molecular weight is 252 g/mol. The van der Waals surface area contributed by atoms with E-state index >= 15 is 0 Å². The summed E-state index contributed by atoms with van der Waals surface area (Å²) < 4.78 is 0. The van der Waals surface area contributed by atoms with Crippen molar-refractivity contribution in [1.82, 2.24) is 24.6 Å². The Bertz CT molecular complexity index is 98.6. The number of hydrogen-bond acceptors (Lipinski definition) is 9. The molecule has 0 saturated carbocycles. The second-order valence-corrected chi connectivity index (χ2v) is 3.97. The summed E-state index contributed by atoms with van der Waals surface area (Å²) in [4.78, 5) is 29.3. The molecule has 17 N–H and O–H groups in total. The van der Waals surface area contributed by atoms with E-state index in [0.29, 0.717) is 0 Å². The Morgan fingerprint density at radius 2 is 0.933 bits per heavy atom. The number of hydrogen-bond donors (Lipinski definition) is 9. The average Bonchev–Trinajstić information content (AvgIpc) is 1.59. The molecule has 15 heavy (non-hydrogen) atoms. The van der Waals surface area contributed by atoms with E-state index in [0.717, 1.165) is 6.42 Å². The standard InChI is InChI=1S/C5H12O.4H3N.H4O4Si/c1-4-5(2,3)6;;;;;1-5(2,3)4/h6H,4H2,1-3H3;4*1H3;1-4H. The summed E-state index contributed by atoms with van der Waals surface area (Å²) in [7, 11) is -4.61. The lowest BCUT2D eigenvalue weighted by Crippen LogP contribution is -2.33. The van der Waals surface area contributed by atoms with E-state index in [-0.39, 0.29) is 24.6 Å². The van der Waals surface area contributed by atoms with Gasteiger partial charge in [-0.3, -0.25) is 0 Å². The number of rotatable bonds is 1. The second kappa shape index (κ2) is 13.9. The van der Waals surface area contributed by atoms with Crippen LogP contribution < -0.4 is 24.6 Å². The van der Waals surface area contributed by atoms with Gasteiger partial charge < -0.3 is 48.9 Å². The zero-order chi connectivity index (χ0) is 9.71. The van der Waals surface area contributed by atoms with E-state index in [2.05, 4.69) is 0 Å². The monoisotopic (exact) mass is 252 g/mol. The Morgan fingerprint density at radius 1 is 0.867 bits per heavy atom. The first-order chi connectivity index (χ1) is 4.56. The molecule has 0 atom stereocenters. The molecule has 0 aromatic heterocycles. The van der Waals surface area contributed by atoms with Gasteiger partial charge in [0.05, 0.1) is 5.60 Å². The van der Waals surface area contributed by atoms with Crippen molar-refractivity contribution >= 4 is 9.05 Å². The van der Waals surface area contributed by atoms with Crippen LogP contribution in [-0.4, -0.2) is 38.9 Å². The molecule has 0 rings (SSSR count). The first kappa shape index (κ1) is 36.4. The molecule has 0 bridgehead atoms. The van der Waals surface area contributed by atoms with Gasteiger partial charge in [0.15, 0.2) is 0 Å². The van der Waals surface area contributed by atoms with E-state index < -0.39 is 14.6 Å². The third-order valence-electron chi connectivity index (χ3n) is 0.865. The first-order valence-corrected chi connectivity index (χ1v) is 4.97. The molecule has 0 aliphatic rings. The van der Waals surface area contributed by atoms with E-state index in [4.69, 9.17) is 24.3 Å². The zero-order valence-electron chi connectivity index (χ0n) is 9.77. The second-order valence-electron chi connectivity index (χ2n) is 2.77. The van der Waals surface area contributed by atoms with E-state index in [1.165, 1.54) is 0 Å². The van der Waals surface area contributed by atoms with Crippen LogP contribution in [0.3, 0.4) is 0 Å². The summed E-state index contributed by atoms with van der Waals surface area (Å²) in [6, 6.07) is 0. The summed E-state index contributed by atoms with van der Waals surface area (Å²) in [5.41, 5.74) is -0.458. The molecule has 0 saturated heterocycles. The van der Waals surface area contributed by atoms with Crippen LogP contribution in [0.4, 0.5) is 0 Å². The van der Waals surface area contributed by atoms with Gasteiger partial charge in [0.1, 0.15) is 0 Å². The van der Waals surface area contributed by atoms with Crippen LogP contribution in [0, 0.1) is 0 Å². The van der Waals surface area contributed by atoms with Gasteiger partial charge >= 0.3 is 9.05 Å². The SMILES string of the molecule is CCC(C)(C)O.N.N.N.N.O[Si](O)(O)O. The fourth-order valence-electron chi connectivity index (χ4n) is 0. The lowest BCUT2D eigenvalue weighted by atomic mass is 10.1. The highest BCUT2D eigenvalue weighted by atomic mass is 28.4. The van der Waals surface area contributed by atoms with Crippen LogP contribution in [0.5, 0.6) is 0 Å². The van der Waals surface area contributed by atoms with Gasteiger partial charge in [0.25, 0.3) is 0 Å². The Labute approximate surface area is 91.6 Å². The molecular formula is C5H28N4O5Si. The predicted octanol–water partition coefficient (Wildman–Crippen LogP) is -0.793. The molecule has 0 unspecified atom stereocenters. The van der Waals surface area contributed by atoms with Crippen molar-refractivity contribution in [3.05, 3.63) is 0 Å². The number of aliphatic hydroxyl groups is 1. The molecule has 0 spiro atoms. The molecule has 0 amide bonds. The van der Waals surface area contributed by atoms with E-state index in [1.807, 2.05) is 6.92 Å². The molecule has 0 aliphatic heterocycles. The Hall–Kier alpha value is -0.143. The molecule has 9 nitrogen and oxygen atoms in total. The first-order valence-electron chi connectivity index (χ1n) is 3.18. The molecule has 0 fully saturated rings. The maximum atomic E-state index is 8.83. The van der Waals surface area contributed by atoms with Crippen molar-refractivity contribution in [1.29, 1.82) is 0 Å². The third kappa shape index (κ3) is 239. The van der Waals surface area contributed by atoms with Gasteiger partial charge in [0, 0.05) is 0 Å². The molecular weight excluding hydrogens is 224 g/mol. The summed E-state index contributed by atoms with van der Waals surface area (Å²) >= 11 is 0. The normalized spacial score (nSPS) is 8.80. The smallest absolute Gasteiger partial charge is 0.390 e. The molecule has 0 radical (unpaired) electrons. The van der Waals surface area contributed by atoms with Gasteiger partial charge in [-0.2, -0.15) is 0 Å². The highest BCUT2D eigenvalue weighted by molar-refractivity contribution is 6.46. The Kier molecular flexibility index (Phi) is 33.6. The third-order valence-corrected chi connectivity index (χ3v) is 0.865. The van der Waals surface area contributed by atoms with Gasteiger partial charge in [-0.1, -0.05) is 6.92 Å². The predicted molar refractivity (Wildman–Crippen MR) is 61.3 cm³/mol. The maximum absolute atomic E-state index is 8.83. The van der Waals surface area contributed by atoms with Gasteiger partial charge in [-0.05, 0) is 20.3 Å². The topological polar surface area (TPSA) is 241 Å². The minimum atomic E-state index is -4.61. The maximum Gasteiger partial charge on any atom is 0.668 e. The lowest BCUT2D eigenvalue weighted by Gasteiger charge is -2.11. The van der Waals surface area contributed by atoms with Crippen molar-refractivity contribution in [2.75, 3.05) is 0 Å². The summed E-state index contributed by atoms with van der Waals surface area (Å²) in [6.45, 7) is 5.56. The highest BCUT2D eigenvalue weighted by Crippen LogP contribution is 2.03. The van der Waals surface area contributed by atoms with Crippen LogP contribution in [0.15, 0.2) is 0 Å². The van der Waals surface area contributed by atoms with Crippen molar-refractivity contribution in [2.45, 2.75) is 32.8 Å². The van der Waals surface area contributed by atoms with Crippen molar-refractivity contribution in [3.63, 3.8) is 0 Å². The van der Waals surface area contributed by atoms with E-state index in [1.54, 1.807) is 13.8 Å². The van der Waals surface area contributed by atoms with Crippen LogP contribution in [0.25, 0.3) is 0 Å². The minimum absolute atomic E-state index is 0. The van der Waals surface area contributed by atoms with Crippen molar-refractivity contribution < 1.29 is 24.3 Å². The molecule has 10 heteroatoms. The summed E-state index contributed by atoms with van der Waals surface area (Å²) in [5, 5.41) is 8.83. The quantitative estimate of drug-likeness (QED) is 0.265. The van der Waals surface area contributed by atoms with Crippen LogP contribution in [0.1, 0.15) is 27.2 Å². The van der Waals surface area contributed by atoms with Gasteiger partial charge in [-0.25, -0.2) is 0 Å². The zero-order valence-corrected chi connectivity index (χ0v) is 10.8. The van der Waals surface area contributed by atoms with Gasteiger partial charge in [-0.15, -0.1) is 0 Å². The van der Waals surface area contributed by atoms with Crippen molar-refractivity contribution in [3.8, 4) is 0 Å². The van der Waals surface area contributed by atoms with Crippen LogP contribution in [-0.2, 0) is 0 Å². The molecule has 0 aliphatic carbocycles. The molecule has 0 heterocycles. The highest BCUT2D eigenvalue weighted by Gasteiger charge is 2.22. The fourth-order valence-corrected chi connectivity index (χ4v) is 0. The summed E-state index contributed by atoms with van der Waals surface area (Å²) in [6.07, 6.45) is 0.826. The largest absolute Gasteiger partial charge is 0.668 e. The fraction of sp³-hybridized carbons (Fsp3) is 1.00. The van der Waals surface area contributed by atoms with Crippen LogP contribution in [0.2, 0.25) is 0 Å². The van der Waals surface area contributed by atoms with Gasteiger partial charge in [0.2, 0.25) is 0 Å². The van der Waals surface area contributed by atoms with Crippen molar-refractivity contribution in [2.24, 2.45) is 0 Å². The van der Waals surface area contributed by atoms with Crippen LogP contribution >= 0.6 is 0 Å².